The second-order valence-corrected chi connectivity index (χ2v) is 8.45. The molecule has 154 valence electrons. The van der Waals surface area contributed by atoms with Gasteiger partial charge in [0, 0.05) is 42.8 Å². The van der Waals surface area contributed by atoms with E-state index in [4.69, 9.17) is 4.74 Å². The second-order valence-electron chi connectivity index (χ2n) is 8.45. The number of ketones is 1. The molecule has 0 bridgehead atoms. The SMILES string of the molecule is CC(C)Oc1ccc2c(c1)/C(=C/C1=CN=C(C3CCN(CCF)CC3)C1)C(=O)C2. The maximum Gasteiger partial charge on any atom is 0.167 e. The number of halogens is 1. The Hall–Kier alpha value is -2.27. The molecular weight excluding hydrogens is 367 g/mol. The molecule has 2 heterocycles. The third-order valence-corrected chi connectivity index (χ3v) is 5.97. The summed E-state index contributed by atoms with van der Waals surface area (Å²) in [5.41, 5.74) is 5.13. The van der Waals surface area contributed by atoms with Gasteiger partial charge in [0.2, 0.25) is 0 Å². The molecule has 0 unspecified atom stereocenters. The van der Waals surface area contributed by atoms with Gasteiger partial charge in [0.05, 0.1) is 6.10 Å². The fraction of sp³-hybridized carbons (Fsp3) is 0.500. The van der Waals surface area contributed by atoms with Crippen molar-refractivity contribution >= 4 is 17.1 Å². The standard InChI is InChI=1S/C24H29FN2O2/c1-16(2)29-20-4-3-19-13-24(28)22(21(19)14-20)11-17-12-23(26-15-17)18-5-8-27(9-6-18)10-7-25/h3-4,11,14-16,18H,5-10,12-13H2,1-2H3/b22-11-. The largest absolute Gasteiger partial charge is 0.491 e. The zero-order valence-electron chi connectivity index (χ0n) is 17.3. The molecule has 0 saturated carbocycles. The number of benzene rings is 1. The van der Waals surface area contributed by atoms with E-state index in [9.17, 15) is 9.18 Å². The first-order valence-corrected chi connectivity index (χ1v) is 10.6. The molecule has 0 radical (unpaired) electrons. The maximum absolute atomic E-state index is 12.6. The van der Waals surface area contributed by atoms with E-state index < -0.39 is 0 Å². The zero-order chi connectivity index (χ0) is 20.4. The van der Waals surface area contributed by atoms with E-state index >= 15 is 0 Å². The number of hydrogen-bond acceptors (Lipinski definition) is 4. The van der Waals surface area contributed by atoms with Crippen LogP contribution in [0.2, 0.25) is 0 Å². The van der Waals surface area contributed by atoms with Crippen molar-refractivity contribution in [3.05, 3.63) is 47.2 Å². The maximum atomic E-state index is 12.6. The number of fused-ring (bicyclic) bond motifs is 1. The van der Waals surface area contributed by atoms with Crippen molar-refractivity contribution in [1.29, 1.82) is 0 Å². The van der Waals surface area contributed by atoms with E-state index in [0.29, 0.717) is 18.9 Å². The van der Waals surface area contributed by atoms with Crippen LogP contribution in [0.5, 0.6) is 5.75 Å². The summed E-state index contributed by atoms with van der Waals surface area (Å²) in [6.45, 7) is 6.14. The Morgan fingerprint density at radius 2 is 2.07 bits per heavy atom. The summed E-state index contributed by atoms with van der Waals surface area (Å²) >= 11 is 0. The van der Waals surface area contributed by atoms with E-state index in [2.05, 4.69) is 9.89 Å². The van der Waals surface area contributed by atoms with E-state index in [1.807, 2.05) is 44.3 Å². The average molecular weight is 397 g/mol. The molecule has 4 nitrogen and oxygen atoms in total. The Balaban J connectivity index is 1.43. The fourth-order valence-corrected chi connectivity index (χ4v) is 4.48. The Morgan fingerprint density at radius 3 is 2.79 bits per heavy atom. The molecule has 1 aromatic carbocycles. The van der Waals surface area contributed by atoms with Gasteiger partial charge in [0.25, 0.3) is 0 Å². The van der Waals surface area contributed by atoms with Gasteiger partial charge in [-0.25, -0.2) is 4.39 Å². The minimum atomic E-state index is -0.273. The van der Waals surface area contributed by atoms with Crippen molar-refractivity contribution in [3.8, 4) is 5.75 Å². The summed E-state index contributed by atoms with van der Waals surface area (Å²) in [6, 6.07) is 5.94. The highest BCUT2D eigenvalue weighted by molar-refractivity contribution is 6.26. The highest BCUT2D eigenvalue weighted by Gasteiger charge is 2.28. The first-order valence-electron chi connectivity index (χ1n) is 10.6. The summed E-state index contributed by atoms with van der Waals surface area (Å²) in [5.74, 6) is 1.43. The lowest BCUT2D eigenvalue weighted by atomic mass is 9.89. The van der Waals surface area contributed by atoms with E-state index in [1.54, 1.807) is 0 Å². The number of ether oxygens (including phenoxy) is 1. The van der Waals surface area contributed by atoms with Gasteiger partial charge in [0.15, 0.2) is 5.78 Å². The molecule has 29 heavy (non-hydrogen) atoms. The average Bonchev–Trinajstić information content (AvgIpc) is 3.28. The molecule has 2 aliphatic heterocycles. The molecule has 4 rings (SSSR count). The molecule has 0 aromatic heterocycles. The van der Waals surface area contributed by atoms with Gasteiger partial charge in [-0.1, -0.05) is 6.07 Å². The number of nitrogens with zero attached hydrogens (tertiary/aromatic N) is 2. The van der Waals surface area contributed by atoms with Crippen molar-refractivity contribution in [3.63, 3.8) is 0 Å². The number of alkyl halides is 1. The van der Waals surface area contributed by atoms with Crippen LogP contribution >= 0.6 is 0 Å². The lowest BCUT2D eigenvalue weighted by Gasteiger charge is -2.31. The van der Waals surface area contributed by atoms with E-state index in [0.717, 1.165) is 60.4 Å². The highest BCUT2D eigenvalue weighted by Crippen LogP contribution is 2.35. The molecule has 0 N–H and O–H groups in total. The molecule has 1 aliphatic carbocycles. The lowest BCUT2D eigenvalue weighted by molar-refractivity contribution is -0.112. The predicted molar refractivity (Wildman–Crippen MR) is 114 cm³/mol. The molecule has 0 atom stereocenters. The normalized spacial score (nSPS) is 21.7. The van der Waals surface area contributed by atoms with Gasteiger partial charge in [0.1, 0.15) is 12.4 Å². The predicted octanol–water partition coefficient (Wildman–Crippen LogP) is 4.39. The zero-order valence-corrected chi connectivity index (χ0v) is 17.3. The van der Waals surface area contributed by atoms with Gasteiger partial charge in [-0.2, -0.15) is 0 Å². The number of carbonyl (C=O) groups excluding carboxylic acids is 1. The quantitative estimate of drug-likeness (QED) is 0.670. The van der Waals surface area contributed by atoms with Crippen molar-refractivity contribution in [2.45, 2.75) is 45.6 Å². The number of allylic oxidation sites excluding steroid dienone is 3. The molecule has 1 aromatic rings. The van der Waals surface area contributed by atoms with Crippen molar-refractivity contribution in [2.75, 3.05) is 26.3 Å². The van der Waals surface area contributed by atoms with Crippen LogP contribution in [0.25, 0.3) is 5.57 Å². The van der Waals surface area contributed by atoms with Crippen molar-refractivity contribution in [1.82, 2.24) is 4.90 Å². The number of rotatable bonds is 6. The van der Waals surface area contributed by atoms with Crippen LogP contribution in [-0.2, 0) is 11.2 Å². The molecule has 0 amide bonds. The molecule has 3 aliphatic rings. The third kappa shape index (κ3) is 4.50. The summed E-state index contributed by atoms with van der Waals surface area (Å²) in [6.07, 6.45) is 7.36. The Bertz CT molecular complexity index is 877. The van der Waals surface area contributed by atoms with Gasteiger partial charge in [-0.3, -0.25) is 9.79 Å². The molecular formula is C24H29FN2O2. The van der Waals surface area contributed by atoms with Gasteiger partial charge >= 0.3 is 0 Å². The summed E-state index contributed by atoms with van der Waals surface area (Å²) in [5, 5.41) is 0. The van der Waals surface area contributed by atoms with Gasteiger partial charge in [-0.05, 0) is 74.7 Å². The second kappa shape index (κ2) is 8.62. The summed E-state index contributed by atoms with van der Waals surface area (Å²) < 4.78 is 18.3. The van der Waals surface area contributed by atoms with Crippen LogP contribution in [0, 0.1) is 5.92 Å². The van der Waals surface area contributed by atoms with Crippen LogP contribution < -0.4 is 4.74 Å². The molecule has 1 saturated heterocycles. The fourth-order valence-electron chi connectivity index (χ4n) is 4.48. The van der Waals surface area contributed by atoms with Crippen molar-refractivity contribution < 1.29 is 13.9 Å². The highest BCUT2D eigenvalue weighted by atomic mass is 19.1. The minimum Gasteiger partial charge on any atom is -0.491 e. The van der Waals surface area contributed by atoms with Gasteiger partial charge in [-0.15, -0.1) is 0 Å². The molecule has 0 spiro atoms. The Kier molecular flexibility index (Phi) is 5.95. The van der Waals surface area contributed by atoms with Crippen LogP contribution in [-0.4, -0.2) is 48.8 Å². The minimum absolute atomic E-state index is 0.0994. The first-order chi connectivity index (χ1) is 14.0. The Morgan fingerprint density at radius 1 is 1.28 bits per heavy atom. The Labute approximate surface area is 172 Å². The molecule has 5 heteroatoms. The van der Waals surface area contributed by atoms with Crippen LogP contribution in [0.15, 0.2) is 41.0 Å². The molecule has 1 fully saturated rings. The van der Waals surface area contributed by atoms with Crippen LogP contribution in [0.1, 0.15) is 44.2 Å². The topological polar surface area (TPSA) is 41.9 Å². The number of aliphatic imine (C=N–C) groups is 1. The number of piperidine rings is 1. The van der Waals surface area contributed by atoms with Crippen LogP contribution in [0.4, 0.5) is 4.39 Å². The van der Waals surface area contributed by atoms with Crippen LogP contribution in [0.3, 0.4) is 0 Å². The van der Waals surface area contributed by atoms with E-state index in [1.165, 1.54) is 5.71 Å². The van der Waals surface area contributed by atoms with Crippen molar-refractivity contribution in [2.24, 2.45) is 10.9 Å². The van der Waals surface area contributed by atoms with E-state index in [-0.39, 0.29) is 18.6 Å². The number of likely N-dealkylation sites (tertiary alicyclic amines) is 1. The number of hydrogen-bond donors (Lipinski definition) is 0. The summed E-state index contributed by atoms with van der Waals surface area (Å²) in [7, 11) is 0. The number of carbonyl (C=O) groups is 1. The smallest absolute Gasteiger partial charge is 0.167 e. The first kappa shape index (κ1) is 20.0. The number of Topliss-reactive ketones (excluding diaryl/α,β-unsaturated/α-hetero) is 1. The monoisotopic (exact) mass is 396 g/mol. The third-order valence-electron chi connectivity index (χ3n) is 5.97. The van der Waals surface area contributed by atoms with Gasteiger partial charge < -0.3 is 9.64 Å². The lowest BCUT2D eigenvalue weighted by Crippen LogP contribution is -2.37. The summed E-state index contributed by atoms with van der Waals surface area (Å²) in [4.78, 5) is 19.5.